The molecule has 1 heteroatoms. The Balaban J connectivity index is 2.18. The Labute approximate surface area is 139 Å². The lowest BCUT2D eigenvalue weighted by molar-refractivity contribution is 0.112. The van der Waals surface area contributed by atoms with Crippen LogP contribution in [-0.4, -0.2) is 6.29 Å². The molecule has 120 valence electrons. The normalized spacial score (nSPS) is 13.7. The number of carbonyl (C=O) groups is 1. The van der Waals surface area contributed by atoms with Crippen LogP contribution in [0, 0.1) is 0 Å². The van der Waals surface area contributed by atoms with E-state index in [0.717, 1.165) is 23.8 Å². The highest BCUT2D eigenvalue weighted by Gasteiger charge is 2.26. The van der Waals surface area contributed by atoms with Gasteiger partial charge in [0.05, 0.1) is 0 Å². The lowest BCUT2D eigenvalue weighted by atomic mass is 9.83. The van der Waals surface area contributed by atoms with Crippen LogP contribution in [0.3, 0.4) is 0 Å². The summed E-state index contributed by atoms with van der Waals surface area (Å²) in [7, 11) is 0. The largest absolute Gasteiger partial charge is 0.298 e. The van der Waals surface area contributed by atoms with Crippen LogP contribution < -0.4 is 0 Å². The lowest BCUT2D eigenvalue weighted by Gasteiger charge is -2.21. The van der Waals surface area contributed by atoms with Crippen LogP contribution >= 0.6 is 0 Å². The molecule has 0 aromatic heterocycles. The molecule has 0 unspecified atom stereocenters. The maximum absolute atomic E-state index is 11.7. The standard InChI is InChI=1S/C22H26O/c1-21(2,3)17-7-8-19-14(10-17)9-15-11-18(22(4,5)6)12-16(13-23)20(15)19/h7-8,10-13H,9H2,1-6H3. The lowest BCUT2D eigenvalue weighted by Crippen LogP contribution is -2.12. The third-order valence-electron chi connectivity index (χ3n) is 4.87. The van der Waals surface area contributed by atoms with Gasteiger partial charge < -0.3 is 0 Å². The van der Waals surface area contributed by atoms with E-state index in [4.69, 9.17) is 0 Å². The zero-order valence-electron chi connectivity index (χ0n) is 15.1. The minimum atomic E-state index is 0.0537. The molecule has 1 nitrogen and oxygen atoms in total. The molecule has 0 aliphatic heterocycles. The van der Waals surface area contributed by atoms with Gasteiger partial charge in [-0.25, -0.2) is 0 Å². The van der Waals surface area contributed by atoms with Crippen molar-refractivity contribution in [1.29, 1.82) is 0 Å². The quantitative estimate of drug-likeness (QED) is 0.530. The van der Waals surface area contributed by atoms with Crippen LogP contribution in [0.5, 0.6) is 0 Å². The molecule has 2 aromatic carbocycles. The second-order valence-electron chi connectivity index (χ2n) is 8.77. The monoisotopic (exact) mass is 306 g/mol. The van der Waals surface area contributed by atoms with Gasteiger partial charge in [-0.05, 0) is 56.7 Å². The number of hydrogen-bond acceptors (Lipinski definition) is 1. The summed E-state index contributed by atoms with van der Waals surface area (Å²) in [6.07, 6.45) is 1.94. The molecule has 0 spiro atoms. The maximum atomic E-state index is 11.7. The molecule has 0 atom stereocenters. The molecule has 1 aliphatic carbocycles. The van der Waals surface area contributed by atoms with Gasteiger partial charge in [-0.15, -0.1) is 0 Å². The predicted molar refractivity (Wildman–Crippen MR) is 97.5 cm³/mol. The molecule has 1 aliphatic rings. The Bertz CT molecular complexity index is 783. The van der Waals surface area contributed by atoms with Crippen LogP contribution in [0.1, 0.15) is 74.2 Å². The fraction of sp³-hybridized carbons (Fsp3) is 0.409. The second kappa shape index (κ2) is 5.06. The van der Waals surface area contributed by atoms with Crippen molar-refractivity contribution in [3.05, 3.63) is 58.1 Å². The van der Waals surface area contributed by atoms with E-state index in [1.807, 2.05) is 0 Å². The smallest absolute Gasteiger partial charge is 0.150 e. The first-order valence-corrected chi connectivity index (χ1v) is 8.37. The molecule has 0 fully saturated rings. The summed E-state index contributed by atoms with van der Waals surface area (Å²) in [5.74, 6) is 0. The highest BCUT2D eigenvalue weighted by atomic mass is 16.1. The Hall–Kier alpha value is -1.89. The molecule has 23 heavy (non-hydrogen) atoms. The summed E-state index contributed by atoms with van der Waals surface area (Å²) in [5.41, 5.74) is 8.64. The third-order valence-corrected chi connectivity index (χ3v) is 4.87. The molecule has 0 bridgehead atoms. The van der Waals surface area contributed by atoms with Gasteiger partial charge in [-0.2, -0.15) is 0 Å². The molecule has 0 saturated carbocycles. The van der Waals surface area contributed by atoms with Crippen molar-refractivity contribution < 1.29 is 4.79 Å². The zero-order chi connectivity index (χ0) is 17.0. The number of hydrogen-bond donors (Lipinski definition) is 0. The summed E-state index contributed by atoms with van der Waals surface area (Å²) in [6.45, 7) is 13.3. The fourth-order valence-corrected chi connectivity index (χ4v) is 3.38. The van der Waals surface area contributed by atoms with Gasteiger partial charge in [0.25, 0.3) is 0 Å². The van der Waals surface area contributed by atoms with Crippen molar-refractivity contribution >= 4 is 6.29 Å². The van der Waals surface area contributed by atoms with Crippen molar-refractivity contribution in [3.8, 4) is 11.1 Å². The van der Waals surface area contributed by atoms with E-state index in [-0.39, 0.29) is 10.8 Å². The van der Waals surface area contributed by atoms with Gasteiger partial charge in [0, 0.05) is 5.56 Å². The van der Waals surface area contributed by atoms with Crippen molar-refractivity contribution in [2.24, 2.45) is 0 Å². The van der Waals surface area contributed by atoms with E-state index >= 15 is 0 Å². The summed E-state index contributed by atoms with van der Waals surface area (Å²) < 4.78 is 0. The van der Waals surface area contributed by atoms with E-state index in [0.29, 0.717) is 0 Å². The van der Waals surface area contributed by atoms with Crippen molar-refractivity contribution in [3.63, 3.8) is 0 Å². The molecule has 0 saturated heterocycles. The van der Waals surface area contributed by atoms with E-state index in [9.17, 15) is 4.79 Å². The van der Waals surface area contributed by atoms with E-state index in [1.54, 1.807) is 0 Å². The van der Waals surface area contributed by atoms with Crippen LogP contribution in [0.15, 0.2) is 30.3 Å². The Morgan fingerprint density at radius 1 is 0.826 bits per heavy atom. The minimum Gasteiger partial charge on any atom is -0.298 e. The minimum absolute atomic E-state index is 0.0537. The van der Waals surface area contributed by atoms with Gasteiger partial charge in [0.15, 0.2) is 6.29 Å². The molecule has 0 amide bonds. The first-order valence-electron chi connectivity index (χ1n) is 8.37. The van der Waals surface area contributed by atoms with Crippen molar-refractivity contribution in [1.82, 2.24) is 0 Å². The summed E-state index contributed by atoms with van der Waals surface area (Å²) in [4.78, 5) is 11.7. The first-order chi connectivity index (χ1) is 10.6. The average Bonchev–Trinajstić information content (AvgIpc) is 2.81. The molecule has 0 heterocycles. The zero-order valence-corrected chi connectivity index (χ0v) is 15.1. The number of benzene rings is 2. The first kappa shape index (κ1) is 16.0. The van der Waals surface area contributed by atoms with Gasteiger partial charge >= 0.3 is 0 Å². The van der Waals surface area contributed by atoms with E-state index in [2.05, 4.69) is 71.9 Å². The number of rotatable bonds is 1. The summed E-state index contributed by atoms with van der Waals surface area (Å²) in [5, 5.41) is 0. The number of carbonyl (C=O) groups excluding carboxylic acids is 1. The number of aldehydes is 1. The molecule has 3 rings (SSSR count). The van der Waals surface area contributed by atoms with Crippen molar-refractivity contribution in [2.75, 3.05) is 0 Å². The molecule has 2 aromatic rings. The maximum Gasteiger partial charge on any atom is 0.150 e. The highest BCUT2D eigenvalue weighted by molar-refractivity contribution is 5.93. The van der Waals surface area contributed by atoms with Crippen LogP contribution in [0.4, 0.5) is 0 Å². The van der Waals surface area contributed by atoms with E-state index < -0.39 is 0 Å². The van der Waals surface area contributed by atoms with Crippen LogP contribution in [-0.2, 0) is 17.3 Å². The Kier molecular flexibility index (Phi) is 3.51. The van der Waals surface area contributed by atoms with Gasteiger partial charge in [0.1, 0.15) is 0 Å². The number of fused-ring (bicyclic) bond motifs is 3. The molecular weight excluding hydrogens is 280 g/mol. The summed E-state index contributed by atoms with van der Waals surface area (Å²) in [6, 6.07) is 11.1. The third kappa shape index (κ3) is 2.73. The fourth-order valence-electron chi connectivity index (χ4n) is 3.38. The van der Waals surface area contributed by atoms with Gasteiger partial charge in [-0.3, -0.25) is 4.79 Å². The highest BCUT2D eigenvalue weighted by Crippen LogP contribution is 2.42. The molecular formula is C22H26O. The topological polar surface area (TPSA) is 17.1 Å². The molecule has 0 radical (unpaired) electrons. The van der Waals surface area contributed by atoms with Gasteiger partial charge in [-0.1, -0.05) is 65.8 Å². The molecule has 0 N–H and O–H groups in total. The van der Waals surface area contributed by atoms with Crippen LogP contribution in [0.25, 0.3) is 11.1 Å². The Morgan fingerprint density at radius 3 is 2.00 bits per heavy atom. The SMILES string of the molecule is CC(C)(C)c1ccc2c(c1)Cc1cc(C(C)(C)C)cc(C=O)c1-2. The summed E-state index contributed by atoms with van der Waals surface area (Å²) >= 11 is 0. The average molecular weight is 306 g/mol. The second-order valence-corrected chi connectivity index (χ2v) is 8.77. The Morgan fingerprint density at radius 2 is 1.43 bits per heavy atom. The van der Waals surface area contributed by atoms with Crippen LogP contribution in [0.2, 0.25) is 0 Å². The predicted octanol–water partition coefficient (Wildman–Crippen LogP) is 5.67. The van der Waals surface area contributed by atoms with Crippen molar-refractivity contribution in [2.45, 2.75) is 58.8 Å². The van der Waals surface area contributed by atoms with Gasteiger partial charge in [0.2, 0.25) is 0 Å². The van der Waals surface area contributed by atoms with E-state index in [1.165, 1.54) is 27.8 Å².